The zero-order valence-electron chi connectivity index (χ0n) is 8.54. The van der Waals surface area contributed by atoms with E-state index in [0.717, 1.165) is 0 Å². The number of carbonyl (C=O) groups is 1. The number of oxime groups is 1. The van der Waals surface area contributed by atoms with E-state index in [9.17, 15) is 10.0 Å². The van der Waals surface area contributed by atoms with Crippen LogP contribution in [0.3, 0.4) is 0 Å². The summed E-state index contributed by atoms with van der Waals surface area (Å²) in [6, 6.07) is -0.828. The standard InChI is InChI=1S/C8H14N3O4/c1-3-6(5(2)11(14)15)4-7(10-13)8(9)12/h4-5,13-14H,3H2,1-2H3,(H2,9,12)/q-1/b6-4+,10-7+/t5-/m0/s1. The molecule has 15 heavy (non-hydrogen) atoms. The summed E-state index contributed by atoms with van der Waals surface area (Å²) in [6.07, 6.45) is 1.58. The highest BCUT2D eigenvalue weighted by molar-refractivity contribution is 6.42. The van der Waals surface area contributed by atoms with Gasteiger partial charge in [0.05, 0.1) is 0 Å². The number of hydroxylamine groups is 2. The van der Waals surface area contributed by atoms with Crippen LogP contribution >= 0.6 is 0 Å². The Bertz CT molecular complexity index is 286. The van der Waals surface area contributed by atoms with Crippen LogP contribution in [0.1, 0.15) is 20.3 Å². The van der Waals surface area contributed by atoms with Crippen LogP contribution in [0.5, 0.6) is 0 Å². The second kappa shape index (κ2) is 6.12. The third kappa shape index (κ3) is 4.07. The van der Waals surface area contributed by atoms with Crippen LogP contribution in [0.25, 0.3) is 0 Å². The van der Waals surface area contributed by atoms with Gasteiger partial charge in [-0.3, -0.25) is 10.0 Å². The van der Waals surface area contributed by atoms with Gasteiger partial charge in [-0.1, -0.05) is 12.1 Å². The summed E-state index contributed by atoms with van der Waals surface area (Å²) in [5.41, 5.74) is 4.97. The molecular formula is C8H14N3O4-. The number of primary amides is 1. The van der Waals surface area contributed by atoms with Crippen molar-refractivity contribution in [2.45, 2.75) is 26.3 Å². The highest BCUT2D eigenvalue weighted by Gasteiger charge is 2.11. The van der Waals surface area contributed by atoms with Gasteiger partial charge in [-0.15, -0.1) is 0 Å². The molecule has 0 radical (unpaired) electrons. The molecule has 0 heterocycles. The Morgan fingerprint density at radius 2 is 2.27 bits per heavy atom. The molecule has 86 valence electrons. The van der Waals surface area contributed by atoms with E-state index in [1.54, 1.807) is 6.92 Å². The summed E-state index contributed by atoms with van der Waals surface area (Å²) in [7, 11) is 0. The van der Waals surface area contributed by atoms with E-state index >= 15 is 0 Å². The molecule has 0 saturated heterocycles. The SMILES string of the molecule is CC/C(=C\C(=N/O)C(N)=O)[C@H](C)N([O-])O. The third-order valence-electron chi connectivity index (χ3n) is 1.96. The van der Waals surface area contributed by atoms with Crippen molar-refractivity contribution in [3.05, 3.63) is 16.9 Å². The Balaban J connectivity index is 4.95. The average Bonchev–Trinajstić information content (AvgIpc) is 2.18. The lowest BCUT2D eigenvalue weighted by Crippen LogP contribution is -2.28. The molecular weight excluding hydrogens is 202 g/mol. The number of amides is 1. The Hall–Kier alpha value is -1.44. The molecule has 4 N–H and O–H groups in total. The molecule has 0 fully saturated rings. The summed E-state index contributed by atoms with van der Waals surface area (Å²) < 4.78 is 0. The normalized spacial score (nSPS) is 15.5. The molecule has 1 amide bonds. The second-order valence-electron chi connectivity index (χ2n) is 2.90. The lowest BCUT2D eigenvalue weighted by molar-refractivity contribution is -0.112. The predicted octanol–water partition coefficient (Wildman–Crippen LogP) is 0.216. The minimum atomic E-state index is -0.911. The first kappa shape index (κ1) is 13.6. The molecule has 7 heteroatoms. The minimum absolute atomic E-state index is 0.245. The van der Waals surface area contributed by atoms with Crippen LogP contribution < -0.4 is 5.73 Å². The number of hydrogen-bond acceptors (Lipinski definition) is 6. The Morgan fingerprint density at radius 1 is 1.73 bits per heavy atom. The van der Waals surface area contributed by atoms with Crippen LogP contribution in [-0.2, 0) is 4.79 Å². The average molecular weight is 216 g/mol. The maximum absolute atomic E-state index is 10.7. The van der Waals surface area contributed by atoms with Crippen molar-refractivity contribution in [1.82, 2.24) is 5.23 Å². The van der Waals surface area contributed by atoms with Gasteiger partial charge in [0.1, 0.15) is 0 Å². The smallest absolute Gasteiger partial charge is 0.270 e. The molecule has 0 aliphatic rings. The van der Waals surface area contributed by atoms with E-state index < -0.39 is 11.9 Å². The van der Waals surface area contributed by atoms with Crippen molar-refractivity contribution in [3.8, 4) is 0 Å². The maximum Gasteiger partial charge on any atom is 0.270 e. The van der Waals surface area contributed by atoms with Gasteiger partial charge in [0.2, 0.25) is 0 Å². The van der Waals surface area contributed by atoms with Gasteiger partial charge in [-0.2, -0.15) is 0 Å². The van der Waals surface area contributed by atoms with E-state index in [4.69, 9.17) is 16.1 Å². The first-order valence-electron chi connectivity index (χ1n) is 4.31. The minimum Gasteiger partial charge on any atom is -0.762 e. The Kier molecular flexibility index (Phi) is 5.53. The number of hydrogen-bond donors (Lipinski definition) is 3. The zero-order chi connectivity index (χ0) is 12.0. The molecule has 0 unspecified atom stereocenters. The van der Waals surface area contributed by atoms with Crippen molar-refractivity contribution in [2.24, 2.45) is 10.9 Å². The summed E-state index contributed by atoms with van der Waals surface area (Å²) in [4.78, 5) is 10.7. The number of rotatable bonds is 5. The fourth-order valence-corrected chi connectivity index (χ4v) is 0.985. The van der Waals surface area contributed by atoms with Gasteiger partial charge in [0.15, 0.2) is 5.71 Å². The molecule has 7 nitrogen and oxygen atoms in total. The van der Waals surface area contributed by atoms with E-state index in [-0.39, 0.29) is 10.9 Å². The molecule has 0 aliphatic heterocycles. The summed E-state index contributed by atoms with van der Waals surface area (Å²) in [5.74, 6) is -0.911. The Labute approximate surface area is 87.0 Å². The van der Waals surface area contributed by atoms with Gasteiger partial charge in [0.25, 0.3) is 5.91 Å². The quantitative estimate of drug-likeness (QED) is 0.344. The Morgan fingerprint density at radius 3 is 2.53 bits per heavy atom. The van der Waals surface area contributed by atoms with E-state index in [2.05, 4.69) is 5.16 Å². The number of nitrogens with two attached hydrogens (primary N) is 1. The van der Waals surface area contributed by atoms with Crippen molar-refractivity contribution in [2.75, 3.05) is 0 Å². The van der Waals surface area contributed by atoms with Crippen molar-refractivity contribution in [1.29, 1.82) is 0 Å². The fourth-order valence-electron chi connectivity index (χ4n) is 0.985. The van der Waals surface area contributed by atoms with Crippen molar-refractivity contribution < 1.29 is 15.2 Å². The van der Waals surface area contributed by atoms with E-state index in [1.165, 1.54) is 13.0 Å². The molecule has 0 aliphatic carbocycles. The van der Waals surface area contributed by atoms with Crippen LogP contribution in [-0.4, -0.2) is 33.3 Å². The molecule has 0 aromatic carbocycles. The first-order valence-corrected chi connectivity index (χ1v) is 4.31. The summed E-state index contributed by atoms with van der Waals surface area (Å²) >= 11 is 0. The third-order valence-corrected chi connectivity index (χ3v) is 1.96. The fraction of sp³-hybridized carbons (Fsp3) is 0.500. The van der Waals surface area contributed by atoms with E-state index in [0.29, 0.717) is 12.0 Å². The first-order chi connectivity index (χ1) is 6.93. The van der Waals surface area contributed by atoms with Crippen molar-refractivity contribution >= 4 is 11.6 Å². The topological polar surface area (TPSA) is 122 Å². The van der Waals surface area contributed by atoms with E-state index in [1.807, 2.05) is 0 Å². The molecule has 0 spiro atoms. The maximum atomic E-state index is 10.7. The molecule has 0 aromatic heterocycles. The second-order valence-corrected chi connectivity index (χ2v) is 2.90. The lowest BCUT2D eigenvalue weighted by atomic mass is 10.0. The summed E-state index contributed by atoms with van der Waals surface area (Å²) in [6.45, 7) is 3.17. The van der Waals surface area contributed by atoms with Gasteiger partial charge in [-0.25, -0.2) is 0 Å². The van der Waals surface area contributed by atoms with Gasteiger partial charge < -0.3 is 21.4 Å². The molecule has 0 rings (SSSR count). The highest BCUT2D eigenvalue weighted by atomic mass is 16.8. The molecule has 0 aromatic rings. The zero-order valence-corrected chi connectivity index (χ0v) is 8.54. The van der Waals surface area contributed by atoms with Gasteiger partial charge >= 0.3 is 0 Å². The van der Waals surface area contributed by atoms with Crippen molar-refractivity contribution in [3.63, 3.8) is 0 Å². The monoisotopic (exact) mass is 216 g/mol. The van der Waals surface area contributed by atoms with Gasteiger partial charge in [0, 0.05) is 6.04 Å². The van der Waals surface area contributed by atoms with Gasteiger partial charge in [-0.05, 0) is 25.0 Å². The largest absolute Gasteiger partial charge is 0.762 e. The predicted molar refractivity (Wildman–Crippen MR) is 53.2 cm³/mol. The van der Waals surface area contributed by atoms with Crippen LogP contribution in [0.2, 0.25) is 0 Å². The molecule has 1 atom stereocenters. The number of carbonyl (C=O) groups excluding carboxylic acids is 1. The van der Waals surface area contributed by atoms with Crippen LogP contribution in [0, 0.1) is 5.21 Å². The van der Waals surface area contributed by atoms with Crippen LogP contribution in [0.4, 0.5) is 0 Å². The van der Waals surface area contributed by atoms with Crippen LogP contribution in [0.15, 0.2) is 16.8 Å². The molecule has 0 bridgehead atoms. The molecule has 0 saturated carbocycles. The lowest BCUT2D eigenvalue weighted by Gasteiger charge is -2.29. The highest BCUT2D eigenvalue weighted by Crippen LogP contribution is 2.11. The summed E-state index contributed by atoms with van der Waals surface area (Å²) in [5, 5.41) is 30.1. The number of nitrogens with zero attached hydrogens (tertiary/aromatic N) is 2.